The monoisotopic (exact) mass is 253 g/mol. The highest BCUT2D eigenvalue weighted by Crippen LogP contribution is 2.28. The van der Waals surface area contributed by atoms with Gasteiger partial charge in [-0.05, 0) is 19.1 Å². The van der Waals surface area contributed by atoms with Crippen LogP contribution in [-0.2, 0) is 4.74 Å². The highest BCUT2D eigenvalue weighted by Gasteiger charge is 2.16. The van der Waals surface area contributed by atoms with Crippen LogP contribution >= 0.6 is 0 Å². The second kappa shape index (κ2) is 6.86. The van der Waals surface area contributed by atoms with Gasteiger partial charge in [0.15, 0.2) is 6.29 Å². The highest BCUT2D eigenvalue weighted by atomic mass is 16.7. The van der Waals surface area contributed by atoms with Crippen molar-refractivity contribution in [3.63, 3.8) is 0 Å². The van der Waals surface area contributed by atoms with Crippen LogP contribution in [0.3, 0.4) is 0 Å². The van der Waals surface area contributed by atoms with Crippen LogP contribution in [0, 0.1) is 0 Å². The van der Waals surface area contributed by atoms with Crippen LogP contribution in [0.2, 0.25) is 0 Å². The average Bonchev–Trinajstić information content (AvgIpc) is 2.37. The van der Waals surface area contributed by atoms with E-state index in [9.17, 15) is 4.79 Å². The molecule has 1 amide bonds. The van der Waals surface area contributed by atoms with E-state index in [0.29, 0.717) is 24.5 Å². The van der Waals surface area contributed by atoms with Crippen LogP contribution in [0.1, 0.15) is 20.3 Å². The third kappa shape index (κ3) is 3.63. The van der Waals surface area contributed by atoms with Crippen molar-refractivity contribution in [3.05, 3.63) is 24.3 Å². The molecule has 0 radical (unpaired) electrons. The first-order valence-electron chi connectivity index (χ1n) is 5.94. The first-order valence-corrected chi connectivity index (χ1v) is 5.94. The van der Waals surface area contributed by atoms with Gasteiger partial charge in [0, 0.05) is 20.1 Å². The molecule has 1 N–H and O–H groups in total. The van der Waals surface area contributed by atoms with Gasteiger partial charge in [-0.3, -0.25) is 4.90 Å². The Bertz CT molecular complexity index is 394. The van der Waals surface area contributed by atoms with Crippen molar-refractivity contribution < 1.29 is 19.4 Å². The van der Waals surface area contributed by atoms with Crippen molar-refractivity contribution in [1.82, 2.24) is 0 Å². The van der Waals surface area contributed by atoms with Crippen molar-refractivity contribution in [1.29, 1.82) is 0 Å². The van der Waals surface area contributed by atoms with E-state index < -0.39 is 6.09 Å². The minimum absolute atomic E-state index is 0.363. The molecular weight excluding hydrogens is 234 g/mol. The zero-order valence-corrected chi connectivity index (χ0v) is 10.9. The number of hydrogen-bond acceptors (Lipinski definition) is 3. The van der Waals surface area contributed by atoms with E-state index in [1.165, 1.54) is 7.05 Å². The maximum atomic E-state index is 11.0. The summed E-state index contributed by atoms with van der Waals surface area (Å²) in [7, 11) is 1.48. The number of para-hydroxylation sites is 2. The van der Waals surface area contributed by atoms with Crippen molar-refractivity contribution in [3.8, 4) is 5.75 Å². The lowest BCUT2D eigenvalue weighted by atomic mass is 10.2. The number of hydrogen-bond donors (Lipinski definition) is 1. The van der Waals surface area contributed by atoms with E-state index >= 15 is 0 Å². The molecule has 0 heterocycles. The maximum Gasteiger partial charge on any atom is 0.411 e. The van der Waals surface area contributed by atoms with E-state index in [1.807, 2.05) is 13.8 Å². The Balaban J connectivity index is 2.91. The molecule has 1 aromatic rings. The summed E-state index contributed by atoms with van der Waals surface area (Å²) >= 11 is 0. The summed E-state index contributed by atoms with van der Waals surface area (Å²) in [5.41, 5.74) is 0.503. The van der Waals surface area contributed by atoms with Crippen LogP contribution in [0.15, 0.2) is 24.3 Å². The van der Waals surface area contributed by atoms with E-state index in [0.717, 1.165) is 4.90 Å². The molecule has 0 bridgehead atoms. The summed E-state index contributed by atoms with van der Waals surface area (Å²) in [4.78, 5) is 12.1. The zero-order valence-electron chi connectivity index (χ0n) is 10.9. The summed E-state index contributed by atoms with van der Waals surface area (Å²) in [6, 6.07) is 7.00. The minimum Gasteiger partial charge on any atom is -0.465 e. The summed E-state index contributed by atoms with van der Waals surface area (Å²) in [6.45, 7) is 4.39. The molecule has 0 aliphatic rings. The number of rotatable bonds is 6. The van der Waals surface area contributed by atoms with Gasteiger partial charge in [0.05, 0.1) is 5.69 Å². The number of ether oxygens (including phenoxy) is 2. The smallest absolute Gasteiger partial charge is 0.411 e. The van der Waals surface area contributed by atoms with E-state index in [4.69, 9.17) is 14.6 Å². The van der Waals surface area contributed by atoms with Crippen molar-refractivity contribution in [2.24, 2.45) is 0 Å². The fourth-order valence-electron chi connectivity index (χ4n) is 1.50. The van der Waals surface area contributed by atoms with Crippen LogP contribution in [-0.4, -0.2) is 31.1 Å². The SMILES string of the molecule is CCOC(CC)Oc1ccccc1N(C)C(=O)O. The lowest BCUT2D eigenvalue weighted by Gasteiger charge is -2.22. The van der Waals surface area contributed by atoms with Crippen molar-refractivity contribution >= 4 is 11.8 Å². The molecule has 0 saturated heterocycles. The van der Waals surface area contributed by atoms with Crippen LogP contribution in [0.5, 0.6) is 5.75 Å². The standard InChI is InChI=1S/C13H19NO4/c1-4-12(17-5-2)18-11-9-7-6-8-10(11)14(3)13(15)16/h6-9,12H,4-5H2,1-3H3,(H,15,16). The number of carboxylic acid groups (broad SMARTS) is 1. The molecule has 0 saturated carbocycles. The summed E-state index contributed by atoms with van der Waals surface area (Å²) in [6.07, 6.45) is -0.701. The molecule has 5 nitrogen and oxygen atoms in total. The van der Waals surface area contributed by atoms with Gasteiger partial charge in [0.1, 0.15) is 5.75 Å². The Kier molecular flexibility index (Phi) is 5.45. The maximum absolute atomic E-state index is 11.0. The first kappa shape index (κ1) is 14.3. The molecule has 5 heteroatoms. The van der Waals surface area contributed by atoms with Crippen LogP contribution in [0.4, 0.5) is 10.5 Å². The van der Waals surface area contributed by atoms with E-state index in [1.54, 1.807) is 24.3 Å². The van der Waals surface area contributed by atoms with Gasteiger partial charge in [0.2, 0.25) is 0 Å². The van der Waals surface area contributed by atoms with E-state index in [2.05, 4.69) is 0 Å². The second-order valence-electron chi connectivity index (χ2n) is 3.72. The predicted octanol–water partition coefficient (Wildman–Crippen LogP) is 2.95. The Labute approximate surface area is 107 Å². The fraction of sp³-hybridized carbons (Fsp3) is 0.462. The molecule has 0 aliphatic carbocycles. The molecule has 18 heavy (non-hydrogen) atoms. The third-order valence-corrected chi connectivity index (χ3v) is 2.46. The molecule has 0 spiro atoms. The summed E-state index contributed by atoms with van der Waals surface area (Å²) in [5, 5.41) is 8.99. The molecule has 0 aliphatic heterocycles. The number of carbonyl (C=O) groups is 1. The van der Waals surface area contributed by atoms with Gasteiger partial charge < -0.3 is 14.6 Å². The Morgan fingerprint density at radius 1 is 1.39 bits per heavy atom. The molecular formula is C13H19NO4. The fourth-order valence-corrected chi connectivity index (χ4v) is 1.50. The van der Waals surface area contributed by atoms with Gasteiger partial charge in [-0.15, -0.1) is 0 Å². The van der Waals surface area contributed by atoms with Crippen LogP contribution < -0.4 is 9.64 Å². The Hall–Kier alpha value is -1.75. The summed E-state index contributed by atoms with van der Waals surface area (Å²) < 4.78 is 11.1. The Morgan fingerprint density at radius 2 is 2.06 bits per heavy atom. The van der Waals surface area contributed by atoms with Crippen molar-refractivity contribution in [2.45, 2.75) is 26.6 Å². The third-order valence-electron chi connectivity index (χ3n) is 2.46. The van der Waals surface area contributed by atoms with Gasteiger partial charge in [-0.1, -0.05) is 19.1 Å². The highest BCUT2D eigenvalue weighted by molar-refractivity contribution is 5.87. The van der Waals surface area contributed by atoms with Crippen LogP contribution in [0.25, 0.3) is 0 Å². The van der Waals surface area contributed by atoms with Gasteiger partial charge in [-0.25, -0.2) is 4.79 Å². The molecule has 100 valence electrons. The molecule has 1 rings (SSSR count). The number of amides is 1. The van der Waals surface area contributed by atoms with E-state index in [-0.39, 0.29) is 6.29 Å². The quantitative estimate of drug-likeness (QED) is 0.792. The number of benzene rings is 1. The zero-order chi connectivity index (χ0) is 13.5. The van der Waals surface area contributed by atoms with Gasteiger partial charge in [-0.2, -0.15) is 0 Å². The molecule has 1 aromatic carbocycles. The van der Waals surface area contributed by atoms with Crippen molar-refractivity contribution in [2.75, 3.05) is 18.6 Å². The lowest BCUT2D eigenvalue weighted by Crippen LogP contribution is -2.26. The van der Waals surface area contributed by atoms with Gasteiger partial charge >= 0.3 is 6.09 Å². The Morgan fingerprint density at radius 3 is 2.61 bits per heavy atom. The lowest BCUT2D eigenvalue weighted by molar-refractivity contribution is -0.0763. The molecule has 0 aromatic heterocycles. The molecule has 0 fully saturated rings. The largest absolute Gasteiger partial charge is 0.465 e. The minimum atomic E-state index is -1.03. The first-order chi connectivity index (χ1) is 8.60. The van der Waals surface area contributed by atoms with Gasteiger partial charge in [0.25, 0.3) is 0 Å². The second-order valence-corrected chi connectivity index (χ2v) is 3.72. The normalized spacial score (nSPS) is 11.9. The predicted molar refractivity (Wildman–Crippen MR) is 69.2 cm³/mol. The number of nitrogens with zero attached hydrogens (tertiary/aromatic N) is 1. The molecule has 1 atom stereocenters. The number of anilines is 1. The average molecular weight is 253 g/mol. The summed E-state index contributed by atoms with van der Waals surface area (Å²) in [5.74, 6) is 0.503. The molecule has 1 unspecified atom stereocenters. The topological polar surface area (TPSA) is 59.0 Å².